The number of carboxylic acid groups (broad SMARTS) is 1. The smallest absolute Gasteiger partial charge is 0.332 e. The van der Waals surface area contributed by atoms with Gasteiger partial charge < -0.3 is 14.6 Å². The summed E-state index contributed by atoms with van der Waals surface area (Å²) < 4.78 is 10.2. The molecule has 1 fully saturated rings. The molecular weight excluding hydrogens is 148 g/mol. The van der Waals surface area contributed by atoms with Crippen LogP contribution in [0.4, 0.5) is 0 Å². The Labute approximate surface area is 65.1 Å². The molecule has 0 aromatic heterocycles. The van der Waals surface area contributed by atoms with Crippen molar-refractivity contribution in [2.75, 3.05) is 13.2 Å². The first kappa shape index (κ1) is 8.49. The average molecular weight is 160 g/mol. The molecule has 2 atom stereocenters. The molecule has 1 N–H and O–H groups in total. The van der Waals surface area contributed by atoms with Gasteiger partial charge in [-0.2, -0.15) is 0 Å². The van der Waals surface area contributed by atoms with Gasteiger partial charge in [0.15, 0.2) is 6.10 Å². The molecule has 0 radical (unpaired) electrons. The van der Waals surface area contributed by atoms with E-state index in [0.717, 1.165) is 6.42 Å². The van der Waals surface area contributed by atoms with Crippen LogP contribution in [-0.2, 0) is 14.3 Å². The van der Waals surface area contributed by atoms with Gasteiger partial charge in [0, 0.05) is 6.61 Å². The van der Waals surface area contributed by atoms with Crippen molar-refractivity contribution in [2.24, 2.45) is 0 Å². The lowest BCUT2D eigenvalue weighted by molar-refractivity contribution is -0.152. The van der Waals surface area contributed by atoms with Gasteiger partial charge in [0.05, 0.1) is 12.7 Å². The summed E-state index contributed by atoms with van der Waals surface area (Å²) >= 11 is 0. The number of hydrogen-bond acceptors (Lipinski definition) is 3. The Kier molecular flexibility index (Phi) is 2.84. The number of rotatable bonds is 3. The van der Waals surface area contributed by atoms with Crippen LogP contribution in [0.2, 0.25) is 0 Å². The van der Waals surface area contributed by atoms with Crippen molar-refractivity contribution in [1.82, 2.24) is 0 Å². The monoisotopic (exact) mass is 160 g/mol. The van der Waals surface area contributed by atoms with Crippen molar-refractivity contribution < 1.29 is 19.4 Å². The van der Waals surface area contributed by atoms with Crippen LogP contribution < -0.4 is 0 Å². The van der Waals surface area contributed by atoms with E-state index in [1.54, 1.807) is 0 Å². The normalized spacial score (nSPS) is 26.8. The minimum atomic E-state index is -0.920. The topological polar surface area (TPSA) is 55.8 Å². The maximum absolute atomic E-state index is 10.3. The van der Waals surface area contributed by atoms with Crippen molar-refractivity contribution >= 4 is 5.97 Å². The number of carbonyl (C=O) groups is 1. The molecule has 4 heteroatoms. The van der Waals surface area contributed by atoms with E-state index in [4.69, 9.17) is 14.6 Å². The van der Waals surface area contributed by atoms with E-state index in [0.29, 0.717) is 13.2 Å². The first-order valence-corrected chi connectivity index (χ1v) is 3.66. The molecule has 0 aromatic carbocycles. The van der Waals surface area contributed by atoms with E-state index in [1.807, 2.05) is 0 Å². The zero-order valence-electron chi connectivity index (χ0n) is 6.45. The summed E-state index contributed by atoms with van der Waals surface area (Å²) in [5, 5.41) is 8.48. The van der Waals surface area contributed by atoms with Crippen molar-refractivity contribution in [2.45, 2.75) is 25.6 Å². The fourth-order valence-corrected chi connectivity index (χ4v) is 0.967. The molecule has 4 nitrogen and oxygen atoms in total. The van der Waals surface area contributed by atoms with Crippen LogP contribution in [0.15, 0.2) is 0 Å². The van der Waals surface area contributed by atoms with E-state index in [2.05, 4.69) is 0 Å². The van der Waals surface area contributed by atoms with Crippen LogP contribution in [-0.4, -0.2) is 36.5 Å². The van der Waals surface area contributed by atoms with Gasteiger partial charge in [0.2, 0.25) is 0 Å². The highest BCUT2D eigenvalue weighted by Crippen LogP contribution is 2.10. The number of ether oxygens (including phenoxy) is 2. The molecule has 0 aliphatic carbocycles. The van der Waals surface area contributed by atoms with E-state index in [-0.39, 0.29) is 6.10 Å². The Morgan fingerprint density at radius 3 is 3.00 bits per heavy atom. The quantitative estimate of drug-likeness (QED) is 0.643. The van der Waals surface area contributed by atoms with E-state index in [1.165, 1.54) is 6.92 Å². The van der Waals surface area contributed by atoms with Gasteiger partial charge in [-0.05, 0) is 13.3 Å². The van der Waals surface area contributed by atoms with Crippen LogP contribution in [0.25, 0.3) is 0 Å². The maximum atomic E-state index is 10.3. The zero-order chi connectivity index (χ0) is 8.27. The van der Waals surface area contributed by atoms with Crippen molar-refractivity contribution in [3.63, 3.8) is 0 Å². The average Bonchev–Trinajstić information content (AvgIpc) is 2.39. The summed E-state index contributed by atoms with van der Waals surface area (Å²) in [5.74, 6) is -0.920. The summed E-state index contributed by atoms with van der Waals surface area (Å²) in [7, 11) is 0. The van der Waals surface area contributed by atoms with E-state index < -0.39 is 12.1 Å². The highest BCUT2D eigenvalue weighted by molar-refractivity contribution is 5.71. The summed E-state index contributed by atoms with van der Waals surface area (Å²) in [5.41, 5.74) is 0. The first-order valence-electron chi connectivity index (χ1n) is 3.66. The molecule has 1 unspecified atom stereocenters. The highest BCUT2D eigenvalue weighted by Gasteiger charge is 2.21. The Bertz CT molecular complexity index is 139. The summed E-state index contributed by atoms with van der Waals surface area (Å²) in [6.45, 7) is 2.73. The standard InChI is InChI=1S/C7H12O4/c1-5(7(8)9)11-6-2-3-10-4-6/h5-6H,2-4H2,1H3,(H,8,9)/t5-,6?/m1/s1. The third-order valence-corrected chi connectivity index (χ3v) is 1.63. The summed E-state index contributed by atoms with van der Waals surface area (Å²) in [6.07, 6.45) is 0.0558. The first-order chi connectivity index (χ1) is 5.20. The predicted molar refractivity (Wildman–Crippen MR) is 37.4 cm³/mol. The van der Waals surface area contributed by atoms with Crippen molar-refractivity contribution in [3.8, 4) is 0 Å². The number of aliphatic carboxylic acids is 1. The molecule has 0 spiro atoms. The Balaban J connectivity index is 2.23. The van der Waals surface area contributed by atoms with Crippen LogP contribution in [0.5, 0.6) is 0 Å². The Hall–Kier alpha value is -0.610. The molecule has 1 aliphatic rings. The second-order valence-corrected chi connectivity index (χ2v) is 2.60. The van der Waals surface area contributed by atoms with Gasteiger partial charge in [0.1, 0.15) is 0 Å². The van der Waals surface area contributed by atoms with Crippen molar-refractivity contribution in [3.05, 3.63) is 0 Å². The van der Waals surface area contributed by atoms with Crippen LogP contribution in [0.1, 0.15) is 13.3 Å². The van der Waals surface area contributed by atoms with E-state index >= 15 is 0 Å². The van der Waals surface area contributed by atoms with Crippen LogP contribution in [0.3, 0.4) is 0 Å². The lowest BCUT2D eigenvalue weighted by Gasteiger charge is -2.12. The molecule has 1 rings (SSSR count). The molecule has 0 bridgehead atoms. The molecule has 1 aliphatic heterocycles. The third kappa shape index (κ3) is 2.48. The SMILES string of the molecule is C[C@@H](OC1CCOC1)C(=O)O. The molecule has 64 valence electrons. The molecule has 1 saturated heterocycles. The van der Waals surface area contributed by atoms with Gasteiger partial charge in [-0.3, -0.25) is 0 Å². The largest absolute Gasteiger partial charge is 0.479 e. The fourth-order valence-electron chi connectivity index (χ4n) is 0.967. The minimum Gasteiger partial charge on any atom is -0.479 e. The highest BCUT2D eigenvalue weighted by atomic mass is 16.6. The van der Waals surface area contributed by atoms with Gasteiger partial charge in [-0.25, -0.2) is 4.79 Å². The second kappa shape index (κ2) is 3.69. The number of hydrogen-bond donors (Lipinski definition) is 1. The summed E-state index contributed by atoms with van der Waals surface area (Å²) in [4.78, 5) is 10.3. The minimum absolute atomic E-state index is 0.0268. The van der Waals surface area contributed by atoms with Crippen LogP contribution in [0, 0.1) is 0 Å². The molecule has 0 saturated carbocycles. The molecule has 11 heavy (non-hydrogen) atoms. The van der Waals surface area contributed by atoms with Crippen molar-refractivity contribution in [1.29, 1.82) is 0 Å². The lowest BCUT2D eigenvalue weighted by atomic mass is 10.3. The molecule has 0 amide bonds. The lowest BCUT2D eigenvalue weighted by Crippen LogP contribution is -2.26. The zero-order valence-corrected chi connectivity index (χ0v) is 6.45. The van der Waals surface area contributed by atoms with Crippen LogP contribution >= 0.6 is 0 Å². The molecular formula is C7H12O4. The van der Waals surface area contributed by atoms with Gasteiger partial charge in [-0.1, -0.05) is 0 Å². The second-order valence-electron chi connectivity index (χ2n) is 2.60. The fraction of sp³-hybridized carbons (Fsp3) is 0.857. The molecule has 1 heterocycles. The van der Waals surface area contributed by atoms with Gasteiger partial charge in [0.25, 0.3) is 0 Å². The van der Waals surface area contributed by atoms with E-state index in [9.17, 15) is 4.79 Å². The summed E-state index contributed by atoms with van der Waals surface area (Å²) in [6, 6.07) is 0. The van der Waals surface area contributed by atoms with Gasteiger partial charge >= 0.3 is 5.97 Å². The predicted octanol–water partition coefficient (Wildman–Crippen LogP) is 0.265. The Morgan fingerprint density at radius 1 is 1.82 bits per heavy atom. The number of carboxylic acids is 1. The molecule has 0 aromatic rings. The van der Waals surface area contributed by atoms with Gasteiger partial charge in [-0.15, -0.1) is 0 Å². The maximum Gasteiger partial charge on any atom is 0.332 e. The third-order valence-electron chi connectivity index (χ3n) is 1.63. The Morgan fingerprint density at radius 2 is 2.55 bits per heavy atom.